The molecule has 0 aliphatic rings. The summed E-state index contributed by atoms with van der Waals surface area (Å²) in [4.78, 5) is 33.4. The lowest BCUT2D eigenvalue weighted by Crippen LogP contribution is -2.27. The van der Waals surface area contributed by atoms with Gasteiger partial charge in [0.25, 0.3) is 0 Å². The van der Waals surface area contributed by atoms with Gasteiger partial charge < -0.3 is 15.2 Å². The number of rotatable bonds is 6. The molecule has 1 amide bonds. The normalized spacial score (nSPS) is 11.6. The van der Waals surface area contributed by atoms with E-state index in [1.165, 1.54) is 4.88 Å². The number of nitrogens with zero attached hydrogens (tertiary/aromatic N) is 5. The van der Waals surface area contributed by atoms with Gasteiger partial charge in [0.15, 0.2) is 5.65 Å². The molecule has 37 heavy (non-hydrogen) atoms. The lowest BCUT2D eigenvalue weighted by atomic mass is 10.1. The van der Waals surface area contributed by atoms with Crippen LogP contribution in [0.4, 0.5) is 5.69 Å². The maximum absolute atomic E-state index is 12.2. The molecule has 0 aliphatic heterocycles. The monoisotopic (exact) mass is 508 g/mol. The Hall–Kier alpha value is -4.41. The minimum absolute atomic E-state index is 0.0972. The van der Waals surface area contributed by atoms with Gasteiger partial charge in [-0.3, -0.25) is 19.9 Å². The first-order chi connectivity index (χ1) is 17.9. The van der Waals surface area contributed by atoms with Crippen molar-refractivity contribution in [2.75, 3.05) is 26.0 Å². The van der Waals surface area contributed by atoms with E-state index in [1.54, 1.807) is 29.9 Å². The van der Waals surface area contributed by atoms with Crippen LogP contribution in [0.15, 0.2) is 61.2 Å². The maximum Gasteiger partial charge on any atom is 0.238 e. The molecular formula is C27H24N8OS. The Balaban J connectivity index is 1.38. The molecule has 0 aromatic carbocycles. The Morgan fingerprint density at radius 3 is 2.70 bits per heavy atom. The molecule has 3 N–H and O–H groups in total. The van der Waals surface area contributed by atoms with Crippen molar-refractivity contribution in [1.29, 1.82) is 0 Å². The first-order valence-electron chi connectivity index (χ1n) is 11.7. The number of likely N-dealkylation sites (N-methyl/N-ethyl adjacent to an activating group) is 1. The second-order valence-corrected chi connectivity index (χ2v) is 10.4. The third-order valence-corrected chi connectivity index (χ3v) is 7.02. The number of hydrogen-bond donors (Lipinski definition) is 3. The lowest BCUT2D eigenvalue weighted by Gasteiger charge is -2.10. The lowest BCUT2D eigenvalue weighted by molar-refractivity contribution is -0.116. The zero-order chi connectivity index (χ0) is 25.5. The highest BCUT2D eigenvalue weighted by molar-refractivity contribution is 7.15. The topological polar surface area (TPSA) is 115 Å². The Bertz CT molecular complexity index is 1760. The van der Waals surface area contributed by atoms with Gasteiger partial charge in [-0.2, -0.15) is 5.10 Å². The average molecular weight is 509 g/mol. The highest BCUT2D eigenvalue weighted by Gasteiger charge is 2.16. The van der Waals surface area contributed by atoms with Gasteiger partial charge in [0.05, 0.1) is 40.4 Å². The van der Waals surface area contributed by atoms with Crippen LogP contribution in [0.5, 0.6) is 0 Å². The number of fused-ring (bicyclic) bond motifs is 2. The number of carbonyl (C=O) groups excluding carboxylic acids is 1. The van der Waals surface area contributed by atoms with Crippen molar-refractivity contribution < 1.29 is 4.79 Å². The predicted octanol–water partition coefficient (Wildman–Crippen LogP) is 5.10. The molecule has 6 aromatic heterocycles. The van der Waals surface area contributed by atoms with E-state index in [0.29, 0.717) is 17.9 Å². The molecule has 10 heteroatoms. The maximum atomic E-state index is 12.2. The fraction of sp³-hybridized carbons (Fsp3) is 0.148. The number of aromatic nitrogens is 6. The second-order valence-electron chi connectivity index (χ2n) is 9.16. The number of amides is 1. The molecule has 6 aromatic rings. The molecule has 0 fully saturated rings. The van der Waals surface area contributed by atoms with Crippen LogP contribution >= 0.6 is 11.3 Å². The quantitative estimate of drug-likeness (QED) is 0.288. The zero-order valence-electron chi connectivity index (χ0n) is 20.5. The number of aromatic amines is 2. The van der Waals surface area contributed by atoms with Crippen molar-refractivity contribution in [1.82, 2.24) is 35.0 Å². The van der Waals surface area contributed by atoms with E-state index in [0.717, 1.165) is 49.4 Å². The number of H-pyrrole nitrogens is 2. The number of anilines is 1. The number of thiophene rings is 1. The van der Waals surface area contributed by atoms with E-state index < -0.39 is 0 Å². The van der Waals surface area contributed by atoms with Crippen LogP contribution in [0.3, 0.4) is 0 Å². The predicted molar refractivity (Wildman–Crippen MR) is 147 cm³/mol. The summed E-state index contributed by atoms with van der Waals surface area (Å²) in [6.07, 6.45) is 6.99. The molecule has 9 nitrogen and oxygen atoms in total. The second kappa shape index (κ2) is 9.23. The molecule has 0 saturated carbocycles. The Labute approximate surface area is 216 Å². The Morgan fingerprint density at radius 2 is 1.89 bits per heavy atom. The Morgan fingerprint density at radius 1 is 1.03 bits per heavy atom. The van der Waals surface area contributed by atoms with Gasteiger partial charge in [0.1, 0.15) is 0 Å². The molecule has 0 atom stereocenters. The molecule has 6 rings (SSSR count). The average Bonchev–Trinajstić information content (AvgIpc) is 3.60. The number of carbonyl (C=O) groups is 1. The molecule has 0 unspecified atom stereocenters. The number of pyridine rings is 3. The largest absolute Gasteiger partial charge is 0.353 e. The van der Waals surface area contributed by atoms with Crippen molar-refractivity contribution in [3.8, 4) is 33.1 Å². The van der Waals surface area contributed by atoms with Crippen LogP contribution in [0.2, 0.25) is 0 Å². The zero-order valence-corrected chi connectivity index (χ0v) is 21.3. The molecule has 0 spiro atoms. The van der Waals surface area contributed by atoms with Gasteiger partial charge in [-0.1, -0.05) is 0 Å². The van der Waals surface area contributed by atoms with Gasteiger partial charge >= 0.3 is 0 Å². The van der Waals surface area contributed by atoms with Crippen LogP contribution in [-0.2, 0) is 4.79 Å². The van der Waals surface area contributed by atoms with Gasteiger partial charge in [0.2, 0.25) is 5.91 Å². The minimum Gasteiger partial charge on any atom is -0.353 e. The van der Waals surface area contributed by atoms with Crippen molar-refractivity contribution in [3.05, 3.63) is 66.1 Å². The highest BCUT2D eigenvalue weighted by atomic mass is 32.1. The third-order valence-electron chi connectivity index (χ3n) is 6.02. The molecule has 0 bridgehead atoms. The fourth-order valence-electron chi connectivity index (χ4n) is 4.36. The fourth-order valence-corrected chi connectivity index (χ4v) is 5.24. The van der Waals surface area contributed by atoms with E-state index in [9.17, 15) is 4.79 Å². The summed E-state index contributed by atoms with van der Waals surface area (Å²) in [5, 5.41) is 12.4. The first kappa shape index (κ1) is 23.0. The van der Waals surface area contributed by atoms with Crippen molar-refractivity contribution in [2.45, 2.75) is 6.92 Å². The van der Waals surface area contributed by atoms with E-state index >= 15 is 0 Å². The summed E-state index contributed by atoms with van der Waals surface area (Å²) in [6, 6.07) is 12.2. The first-order valence-corrected chi connectivity index (χ1v) is 12.6. The van der Waals surface area contributed by atoms with Crippen LogP contribution in [-0.4, -0.2) is 61.6 Å². The number of hydrogen-bond acceptors (Lipinski definition) is 7. The Kier molecular flexibility index (Phi) is 5.74. The summed E-state index contributed by atoms with van der Waals surface area (Å²) >= 11 is 1.73. The molecule has 0 radical (unpaired) electrons. The van der Waals surface area contributed by atoms with E-state index in [-0.39, 0.29) is 5.91 Å². The molecule has 6 heterocycles. The van der Waals surface area contributed by atoms with Crippen LogP contribution in [0.1, 0.15) is 4.88 Å². The summed E-state index contributed by atoms with van der Waals surface area (Å²) in [5.74, 6) is -0.0972. The van der Waals surface area contributed by atoms with Crippen LogP contribution in [0.25, 0.3) is 55.0 Å². The van der Waals surface area contributed by atoms with Crippen LogP contribution in [0, 0.1) is 6.92 Å². The summed E-state index contributed by atoms with van der Waals surface area (Å²) < 4.78 is 0. The molecule has 0 aliphatic carbocycles. The van der Waals surface area contributed by atoms with E-state index in [4.69, 9.17) is 0 Å². The van der Waals surface area contributed by atoms with E-state index in [1.807, 2.05) is 43.4 Å². The standard InChI is InChI=1S/C27H24N8OS/c1-15-4-5-23(37-15)26-19-10-22(32-21(19)6-7-29-26)25-20-9-17(12-30-27(20)34-33-25)16-8-18(13-28-11-16)31-24(36)14-35(2)3/h4-13,32H,14H2,1-3H3,(H,31,36)(H,30,33,34). The minimum atomic E-state index is -0.0972. The van der Waals surface area contributed by atoms with Crippen molar-refractivity contribution >= 4 is 44.9 Å². The molecular weight excluding hydrogens is 484 g/mol. The van der Waals surface area contributed by atoms with Gasteiger partial charge in [-0.25, -0.2) is 4.98 Å². The highest BCUT2D eigenvalue weighted by Crippen LogP contribution is 2.36. The van der Waals surface area contributed by atoms with Gasteiger partial charge in [0, 0.05) is 50.9 Å². The van der Waals surface area contributed by atoms with Crippen LogP contribution < -0.4 is 5.32 Å². The number of nitrogens with one attached hydrogen (secondary N) is 3. The van der Waals surface area contributed by atoms with Crippen molar-refractivity contribution in [2.24, 2.45) is 0 Å². The number of aryl methyl sites for hydroxylation is 1. The van der Waals surface area contributed by atoms with Crippen molar-refractivity contribution in [3.63, 3.8) is 0 Å². The SMILES string of the molecule is Cc1ccc(-c2nccc3[nH]c(-c4[nH]nc5ncc(-c6cncc(NC(=O)CN(C)C)c6)cc45)cc23)s1. The molecule has 184 valence electrons. The smallest absolute Gasteiger partial charge is 0.238 e. The van der Waals surface area contributed by atoms with Gasteiger partial charge in [-0.15, -0.1) is 11.3 Å². The summed E-state index contributed by atoms with van der Waals surface area (Å²) in [5.41, 5.74) is 6.69. The third kappa shape index (κ3) is 4.48. The van der Waals surface area contributed by atoms with E-state index in [2.05, 4.69) is 60.6 Å². The molecule has 0 saturated heterocycles. The summed E-state index contributed by atoms with van der Waals surface area (Å²) in [7, 11) is 3.70. The van der Waals surface area contributed by atoms with Gasteiger partial charge in [-0.05, 0) is 57.4 Å². The summed E-state index contributed by atoms with van der Waals surface area (Å²) in [6.45, 7) is 2.39.